The van der Waals surface area contributed by atoms with Crippen LogP contribution in [0, 0.1) is 5.82 Å². The summed E-state index contributed by atoms with van der Waals surface area (Å²) in [5.74, 6) is -0.206. The van der Waals surface area contributed by atoms with Crippen LogP contribution >= 0.6 is 27.3 Å². The maximum absolute atomic E-state index is 13.8. The van der Waals surface area contributed by atoms with Gasteiger partial charge in [0.2, 0.25) is 0 Å². The van der Waals surface area contributed by atoms with E-state index in [0.717, 1.165) is 0 Å². The minimum absolute atomic E-state index is 0.207. The third kappa shape index (κ3) is 2.00. The molecule has 2 aromatic rings. The summed E-state index contributed by atoms with van der Waals surface area (Å²) in [6.45, 7) is 0. The highest BCUT2D eigenvalue weighted by atomic mass is 79.9. The highest BCUT2D eigenvalue weighted by Crippen LogP contribution is 2.32. The molecule has 0 unspecified atom stereocenters. The Bertz CT molecular complexity index is 489. The van der Waals surface area contributed by atoms with Crippen LogP contribution in [0.2, 0.25) is 0 Å². The molecule has 15 heavy (non-hydrogen) atoms. The Hall–Kier alpha value is -1.01. The van der Waals surface area contributed by atoms with Crippen molar-refractivity contribution in [1.29, 1.82) is 0 Å². The number of benzene rings is 1. The maximum Gasteiger partial charge on any atom is 0.183 e. The molecular weight excluding hydrogens is 283 g/mol. The molecule has 0 aliphatic heterocycles. The molecule has 3 nitrogen and oxygen atoms in total. The van der Waals surface area contributed by atoms with Crippen LogP contribution in [0.4, 0.5) is 4.39 Å². The van der Waals surface area contributed by atoms with E-state index >= 15 is 0 Å². The van der Waals surface area contributed by atoms with E-state index in [1.165, 1.54) is 18.4 Å². The zero-order valence-corrected chi connectivity index (χ0v) is 10.1. The number of ether oxygens (including phenoxy) is 1. The first-order valence-electron chi connectivity index (χ1n) is 4.04. The lowest BCUT2D eigenvalue weighted by atomic mass is 10.2. The number of aromatic nitrogens is 2. The van der Waals surface area contributed by atoms with Gasteiger partial charge in [0, 0.05) is 0 Å². The molecule has 0 aliphatic rings. The molecule has 0 amide bonds. The lowest BCUT2D eigenvalue weighted by molar-refractivity contribution is 0.387. The van der Waals surface area contributed by atoms with Gasteiger partial charge < -0.3 is 4.74 Å². The van der Waals surface area contributed by atoms with Gasteiger partial charge in [-0.3, -0.25) is 0 Å². The van der Waals surface area contributed by atoms with E-state index in [0.29, 0.717) is 14.5 Å². The average molecular weight is 289 g/mol. The first kappa shape index (κ1) is 10.5. The molecule has 0 spiro atoms. The maximum atomic E-state index is 13.8. The van der Waals surface area contributed by atoms with E-state index in [-0.39, 0.29) is 5.75 Å². The highest BCUT2D eigenvalue weighted by Gasteiger charge is 2.13. The van der Waals surface area contributed by atoms with E-state index in [4.69, 9.17) is 4.74 Å². The summed E-state index contributed by atoms with van der Waals surface area (Å²) in [5, 5.41) is 8.14. The minimum Gasteiger partial charge on any atom is -0.494 e. The van der Waals surface area contributed by atoms with Crippen LogP contribution in [0.5, 0.6) is 5.75 Å². The smallest absolute Gasteiger partial charge is 0.183 e. The van der Waals surface area contributed by atoms with Crippen molar-refractivity contribution in [3.05, 3.63) is 27.9 Å². The average Bonchev–Trinajstić information content (AvgIpc) is 2.65. The van der Waals surface area contributed by atoms with Gasteiger partial charge in [0.25, 0.3) is 0 Å². The van der Waals surface area contributed by atoms with Gasteiger partial charge in [0.15, 0.2) is 20.5 Å². The van der Waals surface area contributed by atoms with Crippen LogP contribution in [0.1, 0.15) is 0 Å². The normalized spacial score (nSPS) is 10.3. The van der Waals surface area contributed by atoms with Gasteiger partial charge >= 0.3 is 0 Å². The molecule has 0 atom stereocenters. The second-order valence-electron chi connectivity index (χ2n) is 2.68. The van der Waals surface area contributed by atoms with Crippen molar-refractivity contribution in [2.24, 2.45) is 0 Å². The van der Waals surface area contributed by atoms with E-state index in [2.05, 4.69) is 26.1 Å². The third-order valence-electron chi connectivity index (χ3n) is 1.81. The van der Waals surface area contributed by atoms with Crippen LogP contribution < -0.4 is 4.74 Å². The van der Waals surface area contributed by atoms with Crippen molar-refractivity contribution < 1.29 is 9.13 Å². The van der Waals surface area contributed by atoms with Crippen molar-refractivity contribution in [2.75, 3.05) is 7.11 Å². The molecule has 0 bridgehead atoms. The molecular formula is C9H6BrFN2OS. The number of methoxy groups -OCH3 is 1. The Labute approximate surface area is 98.0 Å². The fraction of sp³-hybridized carbons (Fsp3) is 0.111. The zero-order valence-electron chi connectivity index (χ0n) is 7.70. The predicted octanol–water partition coefficient (Wildman–Crippen LogP) is 3.12. The largest absolute Gasteiger partial charge is 0.494 e. The van der Waals surface area contributed by atoms with Crippen LogP contribution in [0.3, 0.4) is 0 Å². The Morgan fingerprint density at radius 1 is 1.40 bits per heavy atom. The van der Waals surface area contributed by atoms with Gasteiger partial charge in [-0.05, 0) is 28.1 Å². The van der Waals surface area contributed by atoms with Gasteiger partial charge in [-0.25, -0.2) is 4.39 Å². The van der Waals surface area contributed by atoms with Crippen LogP contribution in [-0.4, -0.2) is 17.3 Å². The number of nitrogens with zero attached hydrogens (tertiary/aromatic N) is 2. The molecule has 1 heterocycles. The lowest BCUT2D eigenvalue weighted by Crippen LogP contribution is -1.90. The molecule has 0 saturated heterocycles. The van der Waals surface area contributed by atoms with Crippen molar-refractivity contribution in [3.8, 4) is 16.3 Å². The molecule has 6 heteroatoms. The molecule has 78 valence electrons. The Balaban J connectivity index is 2.53. The van der Waals surface area contributed by atoms with Crippen LogP contribution in [0.15, 0.2) is 22.1 Å². The Morgan fingerprint density at radius 2 is 2.20 bits per heavy atom. The van der Waals surface area contributed by atoms with Gasteiger partial charge in [-0.15, -0.1) is 10.2 Å². The summed E-state index contributed by atoms with van der Waals surface area (Å²) in [5.41, 5.74) is 0.401. The van der Waals surface area contributed by atoms with Crippen molar-refractivity contribution in [3.63, 3.8) is 0 Å². The van der Waals surface area contributed by atoms with Crippen molar-refractivity contribution >= 4 is 27.3 Å². The molecule has 0 aliphatic carbocycles. The summed E-state index contributed by atoms with van der Waals surface area (Å²) >= 11 is 4.45. The molecule has 0 radical (unpaired) electrons. The third-order valence-corrected chi connectivity index (χ3v) is 3.20. The fourth-order valence-electron chi connectivity index (χ4n) is 1.15. The highest BCUT2D eigenvalue weighted by molar-refractivity contribution is 9.11. The molecule has 2 rings (SSSR count). The van der Waals surface area contributed by atoms with E-state index < -0.39 is 5.82 Å². The summed E-state index contributed by atoms with van der Waals surface area (Å²) in [7, 11) is 1.43. The molecule has 1 aromatic heterocycles. The minimum atomic E-state index is -0.413. The van der Waals surface area contributed by atoms with Gasteiger partial charge in [0.1, 0.15) is 0 Å². The number of rotatable bonds is 2. The Kier molecular flexibility index (Phi) is 2.97. The second-order valence-corrected chi connectivity index (χ2v) is 4.94. The second kappa shape index (κ2) is 4.24. The standard InChI is InChI=1S/C9H6BrFN2OS/c1-14-6-4-2-3-5(7(6)11)8-12-13-9(10)15-8/h2-4H,1H3. The summed E-state index contributed by atoms with van der Waals surface area (Å²) < 4.78 is 19.3. The number of halogens is 2. The summed E-state index contributed by atoms with van der Waals surface area (Å²) in [6.07, 6.45) is 0. The molecule has 1 aromatic carbocycles. The molecule has 0 fully saturated rings. The molecule has 0 N–H and O–H groups in total. The summed E-state index contributed by atoms with van der Waals surface area (Å²) in [4.78, 5) is 0. The van der Waals surface area contributed by atoms with Gasteiger partial charge in [-0.2, -0.15) is 0 Å². The Morgan fingerprint density at radius 3 is 2.80 bits per heavy atom. The van der Waals surface area contributed by atoms with Crippen LogP contribution in [0.25, 0.3) is 10.6 Å². The van der Waals surface area contributed by atoms with Gasteiger partial charge in [-0.1, -0.05) is 17.4 Å². The predicted molar refractivity (Wildman–Crippen MR) is 59.6 cm³/mol. The fourth-order valence-corrected chi connectivity index (χ4v) is 2.28. The van der Waals surface area contributed by atoms with Crippen molar-refractivity contribution in [2.45, 2.75) is 0 Å². The number of hydrogen-bond donors (Lipinski definition) is 0. The SMILES string of the molecule is COc1cccc(-c2nnc(Br)s2)c1F. The van der Waals surface area contributed by atoms with Crippen molar-refractivity contribution in [1.82, 2.24) is 10.2 Å². The summed E-state index contributed by atoms with van der Waals surface area (Å²) in [6, 6.07) is 4.92. The monoisotopic (exact) mass is 288 g/mol. The first-order chi connectivity index (χ1) is 7.22. The quantitative estimate of drug-likeness (QED) is 0.852. The number of hydrogen-bond acceptors (Lipinski definition) is 4. The zero-order chi connectivity index (χ0) is 10.8. The van der Waals surface area contributed by atoms with E-state index in [1.807, 2.05) is 0 Å². The van der Waals surface area contributed by atoms with Crippen LogP contribution in [-0.2, 0) is 0 Å². The van der Waals surface area contributed by atoms with E-state index in [9.17, 15) is 4.39 Å². The van der Waals surface area contributed by atoms with E-state index in [1.54, 1.807) is 18.2 Å². The van der Waals surface area contributed by atoms with Gasteiger partial charge in [0.05, 0.1) is 12.7 Å². The lowest BCUT2D eigenvalue weighted by Gasteiger charge is -2.03. The topological polar surface area (TPSA) is 35.0 Å². The first-order valence-corrected chi connectivity index (χ1v) is 5.65. The molecule has 0 saturated carbocycles.